The van der Waals surface area contributed by atoms with Crippen molar-refractivity contribution in [2.75, 3.05) is 13.1 Å². The van der Waals surface area contributed by atoms with Crippen molar-refractivity contribution >= 4 is 23.6 Å². The summed E-state index contributed by atoms with van der Waals surface area (Å²) >= 11 is 1.81. The van der Waals surface area contributed by atoms with E-state index in [1.165, 1.54) is 24.2 Å². The Morgan fingerprint density at radius 3 is 2.22 bits per heavy atom. The van der Waals surface area contributed by atoms with E-state index in [2.05, 4.69) is 19.2 Å². The van der Waals surface area contributed by atoms with Crippen LogP contribution in [0.25, 0.3) is 0 Å². The fourth-order valence-corrected chi connectivity index (χ4v) is 4.88. The van der Waals surface area contributed by atoms with Gasteiger partial charge in [-0.15, -0.1) is 11.8 Å². The molecule has 1 N–H and O–H groups in total. The van der Waals surface area contributed by atoms with Crippen LogP contribution in [0, 0.1) is 5.92 Å². The lowest BCUT2D eigenvalue weighted by atomic mass is 9.88. The number of benzene rings is 1. The van der Waals surface area contributed by atoms with Gasteiger partial charge in [-0.3, -0.25) is 9.59 Å². The Morgan fingerprint density at radius 2 is 1.63 bits per heavy atom. The van der Waals surface area contributed by atoms with Gasteiger partial charge in [0.1, 0.15) is 0 Å². The minimum absolute atomic E-state index is 0.105. The van der Waals surface area contributed by atoms with Gasteiger partial charge in [0, 0.05) is 40.8 Å². The lowest BCUT2D eigenvalue weighted by molar-refractivity contribution is -0.126. The molecule has 0 atom stereocenters. The quantitative estimate of drug-likeness (QED) is 0.756. The van der Waals surface area contributed by atoms with Crippen molar-refractivity contribution in [3.63, 3.8) is 0 Å². The van der Waals surface area contributed by atoms with Gasteiger partial charge in [-0.1, -0.05) is 33.1 Å². The van der Waals surface area contributed by atoms with Crippen LogP contribution in [-0.4, -0.2) is 41.1 Å². The molecule has 1 heterocycles. The van der Waals surface area contributed by atoms with Crippen LogP contribution in [0.4, 0.5) is 0 Å². The summed E-state index contributed by atoms with van der Waals surface area (Å²) in [7, 11) is 0. The highest BCUT2D eigenvalue weighted by atomic mass is 32.2. The first-order chi connectivity index (χ1) is 13.0. The Labute approximate surface area is 167 Å². The van der Waals surface area contributed by atoms with Crippen molar-refractivity contribution < 1.29 is 9.59 Å². The van der Waals surface area contributed by atoms with Crippen molar-refractivity contribution in [2.24, 2.45) is 5.92 Å². The summed E-state index contributed by atoms with van der Waals surface area (Å²) < 4.78 is 0. The van der Waals surface area contributed by atoms with E-state index in [-0.39, 0.29) is 23.8 Å². The van der Waals surface area contributed by atoms with E-state index in [9.17, 15) is 9.59 Å². The predicted octanol–water partition coefficient (Wildman–Crippen LogP) is 4.49. The Balaban J connectivity index is 1.46. The molecule has 27 heavy (non-hydrogen) atoms. The Kier molecular flexibility index (Phi) is 7.22. The molecule has 1 saturated carbocycles. The highest BCUT2D eigenvalue weighted by Gasteiger charge is 2.27. The number of nitrogens with one attached hydrogen (secondary N) is 1. The summed E-state index contributed by atoms with van der Waals surface area (Å²) in [6.07, 6.45) is 7.40. The van der Waals surface area contributed by atoms with E-state index in [0.29, 0.717) is 5.25 Å². The molecule has 3 rings (SSSR count). The van der Waals surface area contributed by atoms with Gasteiger partial charge in [0.25, 0.3) is 5.91 Å². The van der Waals surface area contributed by atoms with Gasteiger partial charge >= 0.3 is 0 Å². The van der Waals surface area contributed by atoms with Crippen LogP contribution < -0.4 is 5.32 Å². The largest absolute Gasteiger partial charge is 0.353 e. The van der Waals surface area contributed by atoms with Crippen LogP contribution in [0.15, 0.2) is 29.2 Å². The average Bonchev–Trinajstić information content (AvgIpc) is 2.69. The first-order valence-corrected chi connectivity index (χ1v) is 11.3. The number of hydrogen-bond donors (Lipinski definition) is 1. The van der Waals surface area contributed by atoms with Gasteiger partial charge in [-0.25, -0.2) is 0 Å². The Hall–Kier alpha value is -1.49. The lowest BCUT2D eigenvalue weighted by Crippen LogP contribution is -2.48. The van der Waals surface area contributed by atoms with Crippen molar-refractivity contribution in [3.8, 4) is 0 Å². The van der Waals surface area contributed by atoms with Crippen LogP contribution in [0.1, 0.15) is 69.2 Å². The maximum Gasteiger partial charge on any atom is 0.253 e. The first-order valence-electron chi connectivity index (χ1n) is 10.4. The van der Waals surface area contributed by atoms with Crippen LogP contribution in [-0.2, 0) is 4.79 Å². The third-order valence-corrected chi connectivity index (χ3v) is 6.59. The highest BCUT2D eigenvalue weighted by Crippen LogP contribution is 2.25. The smallest absolute Gasteiger partial charge is 0.253 e. The van der Waals surface area contributed by atoms with Crippen LogP contribution in [0.5, 0.6) is 0 Å². The highest BCUT2D eigenvalue weighted by molar-refractivity contribution is 7.99. The fraction of sp³-hybridized carbons (Fsp3) is 0.636. The van der Waals surface area contributed by atoms with Crippen molar-refractivity contribution in [2.45, 2.75) is 75.0 Å². The maximum atomic E-state index is 12.7. The molecule has 4 nitrogen and oxygen atoms in total. The molecule has 1 aliphatic heterocycles. The minimum Gasteiger partial charge on any atom is -0.353 e. The number of amides is 2. The molecule has 5 heteroatoms. The predicted molar refractivity (Wildman–Crippen MR) is 111 cm³/mol. The van der Waals surface area contributed by atoms with Crippen LogP contribution >= 0.6 is 11.8 Å². The number of hydrogen-bond acceptors (Lipinski definition) is 3. The summed E-state index contributed by atoms with van der Waals surface area (Å²) in [6.45, 7) is 5.77. The van der Waals surface area contributed by atoms with Gasteiger partial charge in [-0.2, -0.15) is 0 Å². The minimum atomic E-state index is 0.105. The number of rotatable bonds is 5. The third kappa shape index (κ3) is 5.74. The summed E-state index contributed by atoms with van der Waals surface area (Å²) in [5.41, 5.74) is 0.757. The molecule has 0 bridgehead atoms. The number of carbonyl (C=O) groups is 2. The molecule has 2 aliphatic rings. The molecule has 2 amide bonds. The summed E-state index contributed by atoms with van der Waals surface area (Å²) in [5, 5.41) is 3.77. The lowest BCUT2D eigenvalue weighted by Gasteiger charge is -2.33. The van der Waals surface area contributed by atoms with E-state index >= 15 is 0 Å². The average molecular weight is 389 g/mol. The van der Waals surface area contributed by atoms with E-state index in [4.69, 9.17) is 0 Å². The third-order valence-electron chi connectivity index (χ3n) is 5.58. The topological polar surface area (TPSA) is 49.4 Å². The van der Waals surface area contributed by atoms with E-state index < -0.39 is 0 Å². The van der Waals surface area contributed by atoms with Gasteiger partial charge in [-0.05, 0) is 49.9 Å². The maximum absolute atomic E-state index is 12.7. The van der Waals surface area contributed by atoms with Crippen molar-refractivity contribution in [1.29, 1.82) is 0 Å². The molecule has 0 spiro atoms. The van der Waals surface area contributed by atoms with Gasteiger partial charge < -0.3 is 10.2 Å². The first kappa shape index (κ1) is 20.2. The summed E-state index contributed by atoms with van der Waals surface area (Å²) in [6, 6.07) is 8.16. The molecule has 148 valence electrons. The standard InChI is InChI=1S/C22H32N2O2S/c1-16(2)27-20-10-8-18(9-11-20)22(26)24-14-12-19(13-15-24)23-21(25)17-6-4-3-5-7-17/h8-11,16-17,19H,3-7,12-15H2,1-2H3,(H,23,25). The number of nitrogens with zero attached hydrogens (tertiary/aromatic N) is 1. The van der Waals surface area contributed by atoms with Gasteiger partial charge in [0.15, 0.2) is 0 Å². The van der Waals surface area contributed by atoms with Crippen LogP contribution in [0.3, 0.4) is 0 Å². The van der Waals surface area contributed by atoms with Crippen molar-refractivity contribution in [3.05, 3.63) is 29.8 Å². The molecule has 2 fully saturated rings. The molecule has 0 unspecified atom stereocenters. The second kappa shape index (κ2) is 9.63. The zero-order valence-corrected chi connectivity index (χ0v) is 17.4. The Bertz CT molecular complexity index is 630. The molecule has 1 aromatic carbocycles. The molecular formula is C22H32N2O2S. The number of thioether (sulfide) groups is 1. The summed E-state index contributed by atoms with van der Waals surface area (Å²) in [5.74, 6) is 0.548. The summed E-state index contributed by atoms with van der Waals surface area (Å²) in [4.78, 5) is 28.3. The van der Waals surface area contributed by atoms with Crippen molar-refractivity contribution in [1.82, 2.24) is 10.2 Å². The van der Waals surface area contributed by atoms with E-state index in [0.717, 1.165) is 44.3 Å². The molecule has 1 aromatic rings. The molecular weight excluding hydrogens is 356 g/mol. The SMILES string of the molecule is CC(C)Sc1ccc(C(=O)N2CCC(NC(=O)C3CCCCC3)CC2)cc1. The monoisotopic (exact) mass is 388 g/mol. The second-order valence-corrected chi connectivity index (χ2v) is 9.75. The number of likely N-dealkylation sites (tertiary alicyclic amines) is 1. The molecule has 1 saturated heterocycles. The second-order valence-electron chi connectivity index (χ2n) is 8.10. The van der Waals surface area contributed by atoms with E-state index in [1.54, 1.807) is 11.8 Å². The molecule has 0 radical (unpaired) electrons. The Morgan fingerprint density at radius 1 is 1.00 bits per heavy atom. The molecule has 1 aliphatic carbocycles. The van der Waals surface area contributed by atoms with E-state index in [1.807, 2.05) is 29.2 Å². The fourth-order valence-electron chi connectivity index (χ4n) is 4.04. The van der Waals surface area contributed by atoms with Gasteiger partial charge in [0.05, 0.1) is 0 Å². The zero-order chi connectivity index (χ0) is 19.2. The number of carbonyl (C=O) groups excluding carboxylic acids is 2. The normalized spacial score (nSPS) is 19.3. The zero-order valence-electron chi connectivity index (χ0n) is 16.6. The number of piperidine rings is 1. The molecule has 0 aromatic heterocycles. The van der Waals surface area contributed by atoms with Crippen LogP contribution in [0.2, 0.25) is 0 Å². The van der Waals surface area contributed by atoms with Gasteiger partial charge in [0.2, 0.25) is 5.91 Å².